The van der Waals surface area contributed by atoms with E-state index >= 15 is 0 Å². The van der Waals surface area contributed by atoms with Gasteiger partial charge < -0.3 is 4.40 Å². The predicted octanol–water partition coefficient (Wildman–Crippen LogP) is 1.72. The van der Waals surface area contributed by atoms with Crippen LogP contribution < -0.4 is 11.0 Å². The fourth-order valence-corrected chi connectivity index (χ4v) is 2.64. The fourth-order valence-electron chi connectivity index (χ4n) is 2.64. The molecule has 8 heteroatoms. The number of rotatable bonds is 3. The standard InChI is InChI=1S/C18H14N6O2/c1-11(14-10-24-9-5-4-8-15(24)19-14)20-23-18(26)16-12-6-2-3-7-13(12)17(25)22-21-16/h2-10H,1H3,(H,22,25)(H,23,26)/b20-11+. The van der Waals surface area contributed by atoms with Gasteiger partial charge in [-0.15, -0.1) is 0 Å². The van der Waals surface area contributed by atoms with Crippen LogP contribution >= 0.6 is 0 Å². The van der Waals surface area contributed by atoms with E-state index in [-0.39, 0.29) is 11.3 Å². The molecule has 0 radical (unpaired) electrons. The molecule has 0 aliphatic heterocycles. The van der Waals surface area contributed by atoms with Gasteiger partial charge in [0.1, 0.15) is 11.3 Å². The molecule has 0 aliphatic rings. The van der Waals surface area contributed by atoms with Crippen LogP contribution in [-0.2, 0) is 0 Å². The van der Waals surface area contributed by atoms with Crippen LogP contribution in [0.15, 0.2) is 64.8 Å². The van der Waals surface area contributed by atoms with Crippen molar-refractivity contribution in [2.45, 2.75) is 6.92 Å². The number of hydrogen-bond acceptors (Lipinski definition) is 5. The number of nitrogens with one attached hydrogen (secondary N) is 2. The highest BCUT2D eigenvalue weighted by atomic mass is 16.2. The minimum absolute atomic E-state index is 0.103. The summed E-state index contributed by atoms with van der Waals surface area (Å²) in [4.78, 5) is 28.7. The predicted molar refractivity (Wildman–Crippen MR) is 97.2 cm³/mol. The highest BCUT2D eigenvalue weighted by Gasteiger charge is 2.14. The molecule has 4 rings (SSSR count). The molecule has 0 saturated carbocycles. The monoisotopic (exact) mass is 346 g/mol. The van der Waals surface area contributed by atoms with Crippen LogP contribution in [0.2, 0.25) is 0 Å². The Hall–Kier alpha value is -3.81. The largest absolute Gasteiger partial charge is 0.306 e. The molecule has 3 aromatic heterocycles. The van der Waals surface area contributed by atoms with Gasteiger partial charge in [0, 0.05) is 17.8 Å². The minimum atomic E-state index is -0.513. The van der Waals surface area contributed by atoms with Crippen LogP contribution in [0.25, 0.3) is 16.4 Å². The number of fused-ring (bicyclic) bond motifs is 2. The minimum Gasteiger partial charge on any atom is -0.306 e. The van der Waals surface area contributed by atoms with E-state index in [1.165, 1.54) is 0 Å². The number of aromatic nitrogens is 4. The van der Waals surface area contributed by atoms with Crippen LogP contribution in [0.4, 0.5) is 0 Å². The summed E-state index contributed by atoms with van der Waals surface area (Å²) in [5, 5.41) is 11.2. The van der Waals surface area contributed by atoms with E-state index in [0.29, 0.717) is 22.2 Å². The third-order valence-electron chi connectivity index (χ3n) is 3.97. The van der Waals surface area contributed by atoms with Gasteiger partial charge in [-0.1, -0.05) is 24.3 Å². The molecule has 128 valence electrons. The third kappa shape index (κ3) is 2.73. The molecule has 8 nitrogen and oxygen atoms in total. The number of imidazole rings is 1. The Kier molecular flexibility index (Phi) is 3.77. The number of nitrogens with zero attached hydrogens (tertiary/aromatic N) is 4. The summed E-state index contributed by atoms with van der Waals surface area (Å²) in [6.45, 7) is 1.75. The van der Waals surface area contributed by atoms with E-state index in [1.54, 1.807) is 31.2 Å². The van der Waals surface area contributed by atoms with Crippen molar-refractivity contribution < 1.29 is 4.79 Å². The van der Waals surface area contributed by atoms with Crippen molar-refractivity contribution in [2.75, 3.05) is 0 Å². The zero-order valence-corrected chi connectivity index (χ0v) is 13.8. The molecule has 0 saturated heterocycles. The van der Waals surface area contributed by atoms with Gasteiger partial charge in [-0.05, 0) is 25.1 Å². The lowest BCUT2D eigenvalue weighted by Gasteiger charge is -2.03. The first-order chi connectivity index (χ1) is 12.6. The molecule has 2 N–H and O–H groups in total. The van der Waals surface area contributed by atoms with Crippen molar-refractivity contribution in [1.29, 1.82) is 0 Å². The zero-order valence-electron chi connectivity index (χ0n) is 13.8. The molecule has 0 fully saturated rings. The molecule has 0 atom stereocenters. The summed E-state index contributed by atoms with van der Waals surface area (Å²) < 4.78 is 1.87. The number of H-pyrrole nitrogens is 1. The molecular weight excluding hydrogens is 332 g/mol. The lowest BCUT2D eigenvalue weighted by molar-refractivity contribution is 0.0950. The lowest BCUT2D eigenvalue weighted by Crippen LogP contribution is -2.23. The fraction of sp³-hybridized carbons (Fsp3) is 0.0556. The summed E-state index contributed by atoms with van der Waals surface area (Å²) in [6.07, 6.45) is 3.71. The van der Waals surface area contributed by atoms with Gasteiger partial charge in [-0.25, -0.2) is 15.5 Å². The second-order valence-corrected chi connectivity index (χ2v) is 5.68. The average Bonchev–Trinajstić information content (AvgIpc) is 3.11. The summed E-state index contributed by atoms with van der Waals surface area (Å²) in [5.41, 5.74) is 4.22. The zero-order chi connectivity index (χ0) is 18.1. The first-order valence-electron chi connectivity index (χ1n) is 7.89. The van der Waals surface area contributed by atoms with E-state index in [2.05, 4.69) is 25.7 Å². The smallest absolute Gasteiger partial charge is 0.292 e. The molecule has 1 amide bonds. The molecule has 3 heterocycles. The Balaban J connectivity index is 1.63. The third-order valence-corrected chi connectivity index (χ3v) is 3.97. The molecule has 0 spiro atoms. The Labute approximate surface area is 147 Å². The molecule has 1 aromatic carbocycles. The summed E-state index contributed by atoms with van der Waals surface area (Å²) in [5.74, 6) is -0.513. The normalized spacial score (nSPS) is 11.8. The van der Waals surface area contributed by atoms with Crippen molar-refractivity contribution in [3.8, 4) is 0 Å². The van der Waals surface area contributed by atoms with Crippen LogP contribution in [0, 0.1) is 0 Å². The Morgan fingerprint density at radius 1 is 1.15 bits per heavy atom. The first-order valence-corrected chi connectivity index (χ1v) is 7.89. The Morgan fingerprint density at radius 3 is 2.73 bits per heavy atom. The van der Waals surface area contributed by atoms with Gasteiger partial charge in [-0.2, -0.15) is 10.2 Å². The quantitative estimate of drug-likeness (QED) is 0.435. The highest BCUT2D eigenvalue weighted by Crippen LogP contribution is 2.12. The number of carbonyl (C=O) groups is 1. The maximum atomic E-state index is 12.4. The van der Waals surface area contributed by atoms with Crippen LogP contribution in [0.1, 0.15) is 23.1 Å². The Morgan fingerprint density at radius 2 is 1.92 bits per heavy atom. The van der Waals surface area contributed by atoms with Crippen LogP contribution in [0.3, 0.4) is 0 Å². The van der Waals surface area contributed by atoms with E-state index in [9.17, 15) is 9.59 Å². The van der Waals surface area contributed by atoms with Crippen molar-refractivity contribution in [2.24, 2.45) is 5.10 Å². The maximum absolute atomic E-state index is 12.4. The number of amides is 1. The molecule has 0 aliphatic carbocycles. The van der Waals surface area contributed by atoms with E-state index < -0.39 is 5.91 Å². The lowest BCUT2D eigenvalue weighted by atomic mass is 10.1. The van der Waals surface area contributed by atoms with Gasteiger partial charge in [-0.3, -0.25) is 9.59 Å². The van der Waals surface area contributed by atoms with Gasteiger partial charge in [0.05, 0.1) is 11.1 Å². The number of carbonyl (C=O) groups excluding carboxylic acids is 1. The van der Waals surface area contributed by atoms with Gasteiger partial charge in [0.2, 0.25) is 0 Å². The number of benzene rings is 1. The Bertz CT molecular complexity index is 1190. The van der Waals surface area contributed by atoms with Crippen molar-refractivity contribution >= 4 is 28.0 Å². The number of aromatic amines is 1. The number of hydrogen-bond donors (Lipinski definition) is 2. The summed E-state index contributed by atoms with van der Waals surface area (Å²) >= 11 is 0. The molecule has 0 unspecified atom stereocenters. The maximum Gasteiger partial charge on any atom is 0.292 e. The summed E-state index contributed by atoms with van der Waals surface area (Å²) in [6, 6.07) is 12.5. The van der Waals surface area contributed by atoms with Crippen molar-refractivity contribution in [1.82, 2.24) is 25.0 Å². The van der Waals surface area contributed by atoms with Crippen LogP contribution in [0.5, 0.6) is 0 Å². The second-order valence-electron chi connectivity index (χ2n) is 5.68. The van der Waals surface area contributed by atoms with Crippen LogP contribution in [-0.4, -0.2) is 31.2 Å². The number of hydrazone groups is 1. The van der Waals surface area contributed by atoms with E-state index in [1.807, 2.05) is 35.0 Å². The average molecular weight is 346 g/mol. The molecule has 4 aromatic rings. The second kappa shape index (κ2) is 6.25. The van der Waals surface area contributed by atoms with Gasteiger partial charge >= 0.3 is 0 Å². The van der Waals surface area contributed by atoms with Crippen molar-refractivity contribution in [3.05, 3.63) is 76.6 Å². The van der Waals surface area contributed by atoms with Crippen molar-refractivity contribution in [3.63, 3.8) is 0 Å². The van der Waals surface area contributed by atoms with E-state index in [4.69, 9.17) is 0 Å². The van der Waals surface area contributed by atoms with Gasteiger partial charge in [0.15, 0.2) is 5.69 Å². The SMILES string of the molecule is C/C(=N\NC(=O)c1n[nH]c(=O)c2ccccc12)c1cn2ccccc2n1. The van der Waals surface area contributed by atoms with Gasteiger partial charge in [0.25, 0.3) is 11.5 Å². The topological polar surface area (TPSA) is 105 Å². The highest BCUT2D eigenvalue weighted by molar-refractivity contribution is 6.05. The summed E-state index contributed by atoms with van der Waals surface area (Å²) in [7, 11) is 0. The molecular formula is C18H14N6O2. The molecule has 0 bridgehead atoms. The molecule has 26 heavy (non-hydrogen) atoms. The number of pyridine rings is 1. The first kappa shape index (κ1) is 15.7. The van der Waals surface area contributed by atoms with E-state index in [0.717, 1.165) is 5.65 Å².